The lowest BCUT2D eigenvalue weighted by molar-refractivity contribution is 0.201. The Morgan fingerprint density at radius 1 is 1.36 bits per heavy atom. The maximum absolute atomic E-state index is 5.08. The smallest absolute Gasteiger partial charge is 0.0499 e. The van der Waals surface area contributed by atoms with E-state index < -0.39 is 0 Å². The number of methoxy groups -OCH3 is 1. The van der Waals surface area contributed by atoms with E-state index in [2.05, 4.69) is 41.1 Å². The van der Waals surface area contributed by atoms with Crippen LogP contribution < -0.4 is 0 Å². The Morgan fingerprint density at radius 3 is 2.86 bits per heavy atom. The summed E-state index contributed by atoms with van der Waals surface area (Å²) in [7, 11) is 1.75. The topological polar surface area (TPSA) is 9.23 Å². The summed E-state index contributed by atoms with van der Waals surface area (Å²) in [6.45, 7) is 2.99. The molecule has 78 valence electrons. The first kappa shape index (κ1) is 11.7. The van der Waals surface area contributed by atoms with Crippen molar-refractivity contribution in [2.45, 2.75) is 26.2 Å². The zero-order valence-electron chi connectivity index (χ0n) is 8.85. The summed E-state index contributed by atoms with van der Waals surface area (Å²) < 4.78 is 6.24. The van der Waals surface area contributed by atoms with Gasteiger partial charge in [-0.25, -0.2) is 0 Å². The molecule has 1 nitrogen and oxygen atoms in total. The minimum absolute atomic E-state index is 0.819. The zero-order chi connectivity index (χ0) is 10.4. The lowest BCUT2D eigenvalue weighted by Gasteiger charge is -2.09. The molecule has 2 heteroatoms. The maximum atomic E-state index is 5.08. The molecule has 0 amide bonds. The predicted octanol–water partition coefficient (Wildman–Crippen LogP) is 3.97. The fourth-order valence-electron chi connectivity index (χ4n) is 1.44. The van der Waals surface area contributed by atoms with Crippen LogP contribution in [0.3, 0.4) is 0 Å². The second-order valence-corrected chi connectivity index (χ2v) is 4.53. The molecule has 0 aromatic carbocycles. The number of hydrogen-bond donors (Lipinski definition) is 0. The lowest BCUT2D eigenvalue weighted by Crippen LogP contribution is -1.94. The van der Waals surface area contributed by atoms with Crippen LogP contribution in [0.5, 0.6) is 0 Å². The van der Waals surface area contributed by atoms with Crippen LogP contribution >= 0.6 is 15.9 Å². The normalized spacial score (nSPS) is 28.9. The molecule has 0 bridgehead atoms. The van der Waals surface area contributed by atoms with Crippen LogP contribution in [0, 0.1) is 0 Å². The summed E-state index contributed by atoms with van der Waals surface area (Å²) in [6, 6.07) is 0. The molecule has 14 heavy (non-hydrogen) atoms. The summed E-state index contributed by atoms with van der Waals surface area (Å²) in [5, 5.41) is 0. The molecule has 0 aliphatic heterocycles. The first-order valence-electron chi connectivity index (χ1n) is 4.93. The fourth-order valence-corrected chi connectivity index (χ4v) is 1.96. The molecule has 0 fully saturated rings. The van der Waals surface area contributed by atoms with E-state index in [1.54, 1.807) is 7.11 Å². The summed E-state index contributed by atoms with van der Waals surface area (Å²) in [6.07, 6.45) is 9.85. The molecule has 0 radical (unpaired) electrons. The number of hydrogen-bond acceptors (Lipinski definition) is 1. The van der Waals surface area contributed by atoms with Crippen molar-refractivity contribution in [3.05, 3.63) is 33.9 Å². The molecule has 0 saturated carbocycles. The van der Waals surface area contributed by atoms with Gasteiger partial charge in [-0.05, 0) is 38.3 Å². The number of ether oxygens (including phenoxy) is 1. The molecular weight excluding hydrogens is 240 g/mol. The van der Waals surface area contributed by atoms with Crippen LogP contribution in [0.25, 0.3) is 0 Å². The Kier molecular flexibility index (Phi) is 5.20. The number of halogens is 1. The minimum Gasteiger partial charge on any atom is -0.384 e. The van der Waals surface area contributed by atoms with Gasteiger partial charge in [0.05, 0.1) is 0 Å². The third kappa shape index (κ3) is 4.25. The molecule has 0 saturated heterocycles. The highest BCUT2D eigenvalue weighted by atomic mass is 79.9. The molecule has 0 spiro atoms. The zero-order valence-corrected chi connectivity index (χ0v) is 10.4. The minimum atomic E-state index is 0.819. The molecule has 0 unspecified atom stereocenters. The standard InChI is InChI=1S/C12H17BrO/c1-10-3-4-11(7-8-14-2)5-6-12(13)9-10/h5-6,9H,3-4,7-8H2,1-2H3/b10-9-,11-5+,12-6+. The Balaban J connectivity index is 2.63. The SMILES string of the molecule is COCC/C1=C/C=C(Br)\C=C(\C)CC1. The second-order valence-electron chi connectivity index (χ2n) is 3.61. The summed E-state index contributed by atoms with van der Waals surface area (Å²) in [4.78, 5) is 0. The Morgan fingerprint density at radius 2 is 2.14 bits per heavy atom. The van der Waals surface area contributed by atoms with Gasteiger partial charge in [0.25, 0.3) is 0 Å². The van der Waals surface area contributed by atoms with Crippen molar-refractivity contribution in [1.29, 1.82) is 0 Å². The van der Waals surface area contributed by atoms with Gasteiger partial charge >= 0.3 is 0 Å². The highest BCUT2D eigenvalue weighted by Crippen LogP contribution is 2.21. The third-order valence-electron chi connectivity index (χ3n) is 2.33. The van der Waals surface area contributed by atoms with Crippen molar-refractivity contribution >= 4 is 15.9 Å². The largest absolute Gasteiger partial charge is 0.384 e. The Labute approximate surface area is 94.7 Å². The van der Waals surface area contributed by atoms with Crippen LogP contribution in [0.4, 0.5) is 0 Å². The monoisotopic (exact) mass is 256 g/mol. The van der Waals surface area contributed by atoms with Crippen LogP contribution in [0.2, 0.25) is 0 Å². The van der Waals surface area contributed by atoms with Crippen molar-refractivity contribution in [3.8, 4) is 0 Å². The lowest BCUT2D eigenvalue weighted by atomic mass is 10.0. The number of allylic oxidation sites excluding steroid dienone is 5. The van der Waals surface area contributed by atoms with E-state index in [1.807, 2.05) is 0 Å². The van der Waals surface area contributed by atoms with Crippen LogP contribution in [-0.2, 0) is 4.74 Å². The van der Waals surface area contributed by atoms with E-state index in [0.717, 1.165) is 30.4 Å². The second kappa shape index (κ2) is 6.20. The van der Waals surface area contributed by atoms with E-state index in [4.69, 9.17) is 4.74 Å². The van der Waals surface area contributed by atoms with Gasteiger partial charge < -0.3 is 4.74 Å². The molecule has 0 aromatic rings. The molecule has 1 aliphatic carbocycles. The summed E-state index contributed by atoms with van der Waals surface area (Å²) in [5.41, 5.74) is 2.90. The van der Waals surface area contributed by atoms with E-state index in [9.17, 15) is 0 Å². The first-order valence-corrected chi connectivity index (χ1v) is 5.73. The van der Waals surface area contributed by atoms with E-state index >= 15 is 0 Å². The Hall–Kier alpha value is -0.340. The van der Waals surface area contributed by atoms with E-state index in [1.165, 1.54) is 11.1 Å². The van der Waals surface area contributed by atoms with Crippen LogP contribution in [0.15, 0.2) is 33.9 Å². The van der Waals surface area contributed by atoms with Crippen molar-refractivity contribution < 1.29 is 4.74 Å². The van der Waals surface area contributed by atoms with Gasteiger partial charge in [0.2, 0.25) is 0 Å². The highest BCUT2D eigenvalue weighted by molar-refractivity contribution is 9.11. The predicted molar refractivity (Wildman–Crippen MR) is 64.6 cm³/mol. The van der Waals surface area contributed by atoms with Crippen LogP contribution in [-0.4, -0.2) is 13.7 Å². The molecule has 0 atom stereocenters. The van der Waals surface area contributed by atoms with Crippen molar-refractivity contribution in [3.63, 3.8) is 0 Å². The molecule has 1 aliphatic rings. The van der Waals surface area contributed by atoms with Crippen LogP contribution in [0.1, 0.15) is 26.2 Å². The van der Waals surface area contributed by atoms with Gasteiger partial charge in [-0.3, -0.25) is 0 Å². The van der Waals surface area contributed by atoms with Gasteiger partial charge in [-0.2, -0.15) is 0 Å². The quantitative estimate of drug-likeness (QED) is 0.743. The van der Waals surface area contributed by atoms with Gasteiger partial charge in [0, 0.05) is 18.2 Å². The van der Waals surface area contributed by atoms with Gasteiger partial charge in [-0.15, -0.1) is 0 Å². The third-order valence-corrected chi connectivity index (χ3v) is 2.82. The first-order chi connectivity index (χ1) is 6.72. The van der Waals surface area contributed by atoms with Crippen molar-refractivity contribution in [1.82, 2.24) is 0 Å². The average molecular weight is 257 g/mol. The Bertz CT molecular complexity index is 274. The summed E-state index contributed by atoms with van der Waals surface area (Å²) >= 11 is 3.52. The van der Waals surface area contributed by atoms with Gasteiger partial charge in [-0.1, -0.05) is 33.2 Å². The maximum Gasteiger partial charge on any atom is 0.0499 e. The fraction of sp³-hybridized carbons (Fsp3) is 0.500. The van der Waals surface area contributed by atoms with Gasteiger partial charge in [0.15, 0.2) is 0 Å². The number of rotatable bonds is 3. The average Bonchev–Trinajstić information content (AvgIpc) is 2.14. The summed E-state index contributed by atoms with van der Waals surface area (Å²) in [5.74, 6) is 0. The molecular formula is C12H17BrO. The van der Waals surface area contributed by atoms with Crippen molar-refractivity contribution in [2.24, 2.45) is 0 Å². The van der Waals surface area contributed by atoms with E-state index in [0.29, 0.717) is 0 Å². The molecule has 0 heterocycles. The van der Waals surface area contributed by atoms with E-state index in [-0.39, 0.29) is 0 Å². The van der Waals surface area contributed by atoms with Crippen molar-refractivity contribution in [2.75, 3.05) is 13.7 Å². The highest BCUT2D eigenvalue weighted by Gasteiger charge is 2.01. The molecule has 0 aromatic heterocycles. The molecule has 1 rings (SSSR count). The van der Waals surface area contributed by atoms with Gasteiger partial charge in [0.1, 0.15) is 0 Å². The molecule has 0 N–H and O–H groups in total.